The van der Waals surface area contributed by atoms with Crippen LogP contribution in [0.25, 0.3) is 11.0 Å². The number of benzene rings is 2. The highest BCUT2D eigenvalue weighted by atomic mass is 35.5. The van der Waals surface area contributed by atoms with Crippen molar-refractivity contribution in [1.29, 1.82) is 0 Å². The van der Waals surface area contributed by atoms with Crippen LogP contribution >= 0.6 is 11.6 Å². The molecule has 0 saturated carbocycles. The van der Waals surface area contributed by atoms with E-state index in [2.05, 4.69) is 10.6 Å². The molecule has 1 heterocycles. The zero-order chi connectivity index (χ0) is 18.5. The van der Waals surface area contributed by atoms with Gasteiger partial charge in [-0.25, -0.2) is 4.79 Å². The van der Waals surface area contributed by atoms with E-state index in [1.807, 2.05) is 30.3 Å². The van der Waals surface area contributed by atoms with Crippen LogP contribution in [0.4, 0.5) is 10.5 Å². The van der Waals surface area contributed by atoms with Crippen molar-refractivity contribution in [3.63, 3.8) is 0 Å². The molecular formula is C19H19ClN2O4. The number of rotatable bonds is 6. The normalized spacial score (nSPS) is 12.0. The lowest BCUT2D eigenvalue weighted by molar-refractivity contribution is 0.0870. The van der Waals surface area contributed by atoms with Crippen LogP contribution in [-0.2, 0) is 4.74 Å². The fourth-order valence-corrected chi connectivity index (χ4v) is 2.76. The van der Waals surface area contributed by atoms with Crippen LogP contribution < -0.4 is 15.4 Å². The summed E-state index contributed by atoms with van der Waals surface area (Å²) in [7, 11) is 3.09. The molecule has 2 aromatic carbocycles. The summed E-state index contributed by atoms with van der Waals surface area (Å²) in [4.78, 5) is 12.2. The Kier molecular flexibility index (Phi) is 5.65. The Bertz CT molecular complexity index is 876. The van der Waals surface area contributed by atoms with E-state index in [4.69, 9.17) is 25.5 Å². The number of carbonyl (C=O) groups excluding carboxylic acids is 1. The summed E-state index contributed by atoms with van der Waals surface area (Å²) in [5.41, 5.74) is 1.26. The Labute approximate surface area is 156 Å². The fraction of sp³-hybridized carbons (Fsp3) is 0.211. The minimum Gasteiger partial charge on any atom is -0.495 e. The van der Waals surface area contributed by atoms with E-state index >= 15 is 0 Å². The van der Waals surface area contributed by atoms with Gasteiger partial charge < -0.3 is 24.5 Å². The van der Waals surface area contributed by atoms with Gasteiger partial charge >= 0.3 is 6.03 Å². The van der Waals surface area contributed by atoms with Crippen molar-refractivity contribution >= 4 is 34.3 Å². The second kappa shape index (κ2) is 8.12. The molecular weight excluding hydrogens is 356 g/mol. The maximum atomic E-state index is 12.2. The maximum absolute atomic E-state index is 12.2. The van der Waals surface area contributed by atoms with Crippen LogP contribution in [0.1, 0.15) is 11.9 Å². The van der Waals surface area contributed by atoms with Gasteiger partial charge in [-0.2, -0.15) is 0 Å². The van der Waals surface area contributed by atoms with Crippen molar-refractivity contribution in [2.45, 2.75) is 6.10 Å². The summed E-state index contributed by atoms with van der Waals surface area (Å²) in [6.45, 7) is 0.241. The molecule has 0 aliphatic rings. The number of urea groups is 1. The third-order valence-corrected chi connectivity index (χ3v) is 4.14. The van der Waals surface area contributed by atoms with Crippen LogP contribution in [0, 0.1) is 0 Å². The van der Waals surface area contributed by atoms with E-state index in [1.54, 1.807) is 25.3 Å². The molecule has 3 aromatic rings. The number of furan rings is 1. The van der Waals surface area contributed by atoms with Crippen molar-refractivity contribution in [3.8, 4) is 5.75 Å². The Morgan fingerprint density at radius 1 is 1.19 bits per heavy atom. The molecule has 0 saturated heterocycles. The molecule has 0 aliphatic heterocycles. The smallest absolute Gasteiger partial charge is 0.319 e. The number of fused-ring (bicyclic) bond motifs is 1. The van der Waals surface area contributed by atoms with Gasteiger partial charge in [-0.15, -0.1) is 0 Å². The molecule has 0 bridgehead atoms. The minimum absolute atomic E-state index is 0.241. The molecule has 2 N–H and O–H groups in total. The zero-order valence-electron chi connectivity index (χ0n) is 14.4. The van der Waals surface area contributed by atoms with Crippen LogP contribution in [0.15, 0.2) is 52.9 Å². The minimum atomic E-state index is -0.408. The molecule has 6 nitrogen and oxygen atoms in total. The number of hydrogen-bond donors (Lipinski definition) is 2. The molecule has 0 spiro atoms. The van der Waals surface area contributed by atoms with E-state index in [-0.39, 0.29) is 6.54 Å². The first-order valence-corrected chi connectivity index (χ1v) is 8.38. The monoisotopic (exact) mass is 374 g/mol. The Hall–Kier alpha value is -2.70. The summed E-state index contributed by atoms with van der Waals surface area (Å²) < 4.78 is 16.4. The Balaban J connectivity index is 1.65. The summed E-state index contributed by atoms with van der Waals surface area (Å²) in [5.74, 6) is 1.17. The number of anilines is 1. The van der Waals surface area contributed by atoms with Crippen LogP contribution in [0.5, 0.6) is 5.75 Å². The van der Waals surface area contributed by atoms with Crippen LogP contribution in [0.3, 0.4) is 0 Å². The zero-order valence-corrected chi connectivity index (χ0v) is 15.2. The van der Waals surface area contributed by atoms with Gasteiger partial charge in [0.1, 0.15) is 23.2 Å². The Morgan fingerprint density at radius 3 is 2.73 bits per heavy atom. The molecule has 0 unspecified atom stereocenters. The third kappa shape index (κ3) is 4.09. The third-order valence-electron chi connectivity index (χ3n) is 3.90. The second-order valence-electron chi connectivity index (χ2n) is 5.59. The first-order chi connectivity index (χ1) is 12.6. The number of para-hydroxylation sites is 1. The van der Waals surface area contributed by atoms with Gasteiger partial charge in [0.2, 0.25) is 0 Å². The van der Waals surface area contributed by atoms with Crippen molar-refractivity contribution < 1.29 is 18.7 Å². The van der Waals surface area contributed by atoms with Crippen LogP contribution in [-0.4, -0.2) is 26.8 Å². The van der Waals surface area contributed by atoms with Crippen molar-refractivity contribution in [1.82, 2.24) is 5.32 Å². The summed E-state index contributed by atoms with van der Waals surface area (Å²) >= 11 is 5.97. The topological polar surface area (TPSA) is 72.7 Å². The van der Waals surface area contributed by atoms with Gasteiger partial charge in [0.25, 0.3) is 0 Å². The highest BCUT2D eigenvalue weighted by Crippen LogP contribution is 2.28. The first-order valence-electron chi connectivity index (χ1n) is 8.00. The average Bonchev–Trinajstić information content (AvgIpc) is 3.06. The second-order valence-corrected chi connectivity index (χ2v) is 6.03. The van der Waals surface area contributed by atoms with Gasteiger partial charge in [0.15, 0.2) is 0 Å². The van der Waals surface area contributed by atoms with Crippen molar-refractivity contribution in [2.75, 3.05) is 26.1 Å². The predicted molar refractivity (Wildman–Crippen MR) is 101 cm³/mol. The lowest BCUT2D eigenvalue weighted by atomic mass is 10.2. The van der Waals surface area contributed by atoms with E-state index in [0.717, 1.165) is 11.0 Å². The summed E-state index contributed by atoms with van der Waals surface area (Å²) in [6.07, 6.45) is -0.408. The number of hydrogen-bond acceptors (Lipinski definition) is 4. The Morgan fingerprint density at radius 2 is 2.00 bits per heavy atom. The lowest BCUT2D eigenvalue weighted by Crippen LogP contribution is -2.33. The number of halogens is 1. The summed E-state index contributed by atoms with van der Waals surface area (Å²) in [5, 5.41) is 6.96. The van der Waals surface area contributed by atoms with E-state index in [9.17, 15) is 4.79 Å². The number of nitrogens with one attached hydrogen (secondary N) is 2. The molecule has 2 amide bonds. The van der Waals surface area contributed by atoms with Gasteiger partial charge in [0, 0.05) is 17.5 Å². The number of ether oxygens (including phenoxy) is 2. The molecule has 26 heavy (non-hydrogen) atoms. The summed E-state index contributed by atoms with van der Waals surface area (Å²) in [6, 6.07) is 14.2. The number of amides is 2. The number of methoxy groups -OCH3 is 2. The molecule has 0 aliphatic carbocycles. The molecule has 0 radical (unpaired) electrons. The SMILES string of the molecule is COc1ccc(Cl)cc1NC(=O)NC[C@@H](OC)c1cc2ccccc2o1. The molecule has 1 atom stereocenters. The first kappa shape index (κ1) is 18.1. The molecule has 7 heteroatoms. The number of carbonyl (C=O) groups is 1. The van der Waals surface area contributed by atoms with Crippen molar-refractivity contribution in [2.24, 2.45) is 0 Å². The average molecular weight is 375 g/mol. The van der Waals surface area contributed by atoms with Gasteiger partial charge in [0.05, 0.1) is 19.3 Å². The molecule has 136 valence electrons. The molecule has 0 fully saturated rings. The fourth-order valence-electron chi connectivity index (χ4n) is 2.59. The largest absolute Gasteiger partial charge is 0.495 e. The standard InChI is InChI=1S/C19H19ClN2O4/c1-24-16-8-7-13(20)10-14(16)22-19(23)21-11-18(25-2)17-9-12-5-3-4-6-15(12)26-17/h3-10,18H,11H2,1-2H3,(H2,21,22,23)/t18-/m1/s1. The quantitative estimate of drug-likeness (QED) is 0.661. The maximum Gasteiger partial charge on any atom is 0.319 e. The van der Waals surface area contributed by atoms with Crippen LogP contribution in [0.2, 0.25) is 5.02 Å². The highest BCUT2D eigenvalue weighted by Gasteiger charge is 2.17. The molecule has 1 aromatic heterocycles. The van der Waals surface area contributed by atoms with E-state index in [0.29, 0.717) is 22.2 Å². The predicted octanol–water partition coefficient (Wildman–Crippen LogP) is 4.60. The highest BCUT2D eigenvalue weighted by molar-refractivity contribution is 6.31. The van der Waals surface area contributed by atoms with E-state index in [1.165, 1.54) is 7.11 Å². The van der Waals surface area contributed by atoms with E-state index < -0.39 is 12.1 Å². The lowest BCUT2D eigenvalue weighted by Gasteiger charge is -2.15. The van der Waals surface area contributed by atoms with Gasteiger partial charge in [-0.05, 0) is 30.3 Å². The molecule has 3 rings (SSSR count). The van der Waals surface area contributed by atoms with Gasteiger partial charge in [-0.1, -0.05) is 29.8 Å². The van der Waals surface area contributed by atoms with Gasteiger partial charge in [-0.3, -0.25) is 0 Å². The van der Waals surface area contributed by atoms with Crippen molar-refractivity contribution in [3.05, 3.63) is 59.3 Å².